The van der Waals surface area contributed by atoms with Crippen molar-refractivity contribution in [1.29, 1.82) is 0 Å². The second-order valence-electron chi connectivity index (χ2n) is 3.50. The van der Waals surface area contributed by atoms with Crippen LogP contribution in [0.1, 0.15) is 12.0 Å². The average Bonchev–Trinajstić information content (AvgIpc) is 2.23. The number of hydrogen-bond donors (Lipinski definition) is 0. The van der Waals surface area contributed by atoms with E-state index in [1.807, 2.05) is 24.3 Å². The van der Waals surface area contributed by atoms with Crippen LogP contribution in [-0.4, -0.2) is 0 Å². The topological polar surface area (TPSA) is 0 Å². The summed E-state index contributed by atoms with van der Waals surface area (Å²) in [4.78, 5) is 0. The van der Waals surface area contributed by atoms with Crippen molar-refractivity contribution in [3.05, 3.63) is 52.9 Å². The van der Waals surface area contributed by atoms with Crippen LogP contribution in [0, 0.1) is 6.92 Å². The highest BCUT2D eigenvalue weighted by molar-refractivity contribution is 6.37. The maximum Gasteiger partial charge on any atom is 0.0485 e. The van der Waals surface area contributed by atoms with Crippen molar-refractivity contribution in [3.63, 3.8) is 0 Å². The first-order chi connectivity index (χ1) is 7.22. The quantitative estimate of drug-likeness (QED) is 0.697. The van der Waals surface area contributed by atoms with Crippen LogP contribution in [-0.2, 0) is 6.42 Å². The highest BCUT2D eigenvalue weighted by Crippen LogP contribution is 2.29. The van der Waals surface area contributed by atoms with Crippen molar-refractivity contribution >= 4 is 34.0 Å². The van der Waals surface area contributed by atoms with Gasteiger partial charge < -0.3 is 0 Å². The lowest BCUT2D eigenvalue weighted by atomic mass is 10.0. The Kier molecular flexibility index (Phi) is 3.18. The fourth-order valence-electron chi connectivity index (χ4n) is 1.76. The molecule has 0 spiro atoms. The second kappa shape index (κ2) is 4.42. The van der Waals surface area contributed by atoms with Crippen LogP contribution in [0.4, 0.5) is 0 Å². The first kappa shape index (κ1) is 10.8. The van der Waals surface area contributed by atoms with E-state index >= 15 is 0 Å². The zero-order valence-corrected chi connectivity index (χ0v) is 9.78. The van der Waals surface area contributed by atoms with E-state index in [1.54, 1.807) is 0 Å². The van der Waals surface area contributed by atoms with Crippen molar-refractivity contribution in [1.82, 2.24) is 0 Å². The number of rotatable bonds is 2. The van der Waals surface area contributed by atoms with Gasteiger partial charge in [-0.15, -0.1) is 0 Å². The molecule has 1 radical (unpaired) electrons. The number of benzene rings is 2. The Bertz CT molecular complexity index is 489. The van der Waals surface area contributed by atoms with Gasteiger partial charge in [-0.3, -0.25) is 0 Å². The average molecular weight is 238 g/mol. The summed E-state index contributed by atoms with van der Waals surface area (Å²) >= 11 is 12.1. The third-order valence-corrected chi connectivity index (χ3v) is 3.03. The van der Waals surface area contributed by atoms with Gasteiger partial charge in [0, 0.05) is 15.4 Å². The van der Waals surface area contributed by atoms with Gasteiger partial charge in [0.2, 0.25) is 0 Å². The minimum Gasteiger partial charge on any atom is -0.0843 e. The van der Waals surface area contributed by atoms with E-state index in [9.17, 15) is 0 Å². The van der Waals surface area contributed by atoms with E-state index < -0.39 is 0 Å². The van der Waals surface area contributed by atoms with Gasteiger partial charge in [0.15, 0.2) is 0 Å². The van der Waals surface area contributed by atoms with E-state index in [-0.39, 0.29) is 0 Å². The summed E-state index contributed by atoms with van der Waals surface area (Å²) < 4.78 is 0. The molecule has 2 heteroatoms. The van der Waals surface area contributed by atoms with Crippen molar-refractivity contribution in [2.75, 3.05) is 0 Å². The number of hydrogen-bond acceptors (Lipinski definition) is 0. The zero-order chi connectivity index (χ0) is 10.8. The fourth-order valence-corrected chi connectivity index (χ4v) is 2.15. The summed E-state index contributed by atoms with van der Waals surface area (Å²) in [6.45, 7) is 3.87. The summed E-state index contributed by atoms with van der Waals surface area (Å²) in [7, 11) is 0. The summed E-state index contributed by atoms with van der Waals surface area (Å²) in [5.74, 6) is 0. The molecule has 2 rings (SSSR count). The molecule has 0 aliphatic heterocycles. The summed E-state index contributed by atoms with van der Waals surface area (Å²) in [6.07, 6.45) is 1.86. The van der Waals surface area contributed by atoms with Crippen LogP contribution >= 0.6 is 23.2 Å². The van der Waals surface area contributed by atoms with Crippen molar-refractivity contribution in [3.8, 4) is 0 Å². The van der Waals surface area contributed by atoms with Gasteiger partial charge in [-0.25, -0.2) is 0 Å². The van der Waals surface area contributed by atoms with E-state index in [1.165, 1.54) is 10.9 Å². The normalized spacial score (nSPS) is 10.9. The van der Waals surface area contributed by atoms with E-state index in [0.29, 0.717) is 0 Å². The van der Waals surface area contributed by atoms with E-state index in [2.05, 4.69) is 13.0 Å². The zero-order valence-electron chi connectivity index (χ0n) is 8.26. The highest BCUT2D eigenvalue weighted by atomic mass is 35.5. The van der Waals surface area contributed by atoms with Gasteiger partial charge in [0.05, 0.1) is 0 Å². The highest BCUT2D eigenvalue weighted by Gasteiger charge is 2.04. The lowest BCUT2D eigenvalue weighted by Gasteiger charge is -2.07. The molecule has 0 unspecified atom stereocenters. The van der Waals surface area contributed by atoms with Crippen LogP contribution in [0.5, 0.6) is 0 Å². The van der Waals surface area contributed by atoms with Crippen molar-refractivity contribution in [2.45, 2.75) is 12.8 Å². The number of fused-ring (bicyclic) bond motifs is 1. The molecule has 77 valence electrons. The molecule has 2 aromatic carbocycles. The largest absolute Gasteiger partial charge is 0.0843 e. The molecule has 0 saturated heterocycles. The molecule has 0 amide bonds. The molecule has 15 heavy (non-hydrogen) atoms. The Morgan fingerprint density at radius 1 is 1.00 bits per heavy atom. The van der Waals surface area contributed by atoms with Crippen LogP contribution in [0.3, 0.4) is 0 Å². The van der Waals surface area contributed by atoms with Gasteiger partial charge in [-0.05, 0) is 42.0 Å². The Morgan fingerprint density at radius 2 is 1.80 bits per heavy atom. The Labute approximate surface area is 99.8 Å². The Balaban J connectivity index is 2.71. The fraction of sp³-hybridized carbons (Fsp3) is 0.154. The molecule has 0 N–H and O–H groups in total. The lowest BCUT2D eigenvalue weighted by molar-refractivity contribution is 1.01. The van der Waals surface area contributed by atoms with E-state index in [0.717, 1.165) is 28.3 Å². The standard InChI is InChI=1S/C13H11Cl2/c1-2-3-9-4-7-13(15)12-8-10(14)5-6-11(9)12/h4-8H,1-3H2. The molecule has 0 nitrogen and oxygen atoms in total. The van der Waals surface area contributed by atoms with Crippen molar-refractivity contribution < 1.29 is 0 Å². The van der Waals surface area contributed by atoms with Crippen LogP contribution in [0.15, 0.2) is 30.3 Å². The molecule has 0 heterocycles. The molecule has 0 atom stereocenters. The molecule has 2 aromatic rings. The minimum atomic E-state index is 0.719. The monoisotopic (exact) mass is 237 g/mol. The molecule has 0 fully saturated rings. The first-order valence-electron chi connectivity index (χ1n) is 4.88. The van der Waals surface area contributed by atoms with Gasteiger partial charge >= 0.3 is 0 Å². The summed E-state index contributed by atoms with van der Waals surface area (Å²) in [5.41, 5.74) is 1.28. The molecule has 0 saturated carbocycles. The number of aryl methyl sites for hydroxylation is 1. The third kappa shape index (κ3) is 2.11. The predicted molar refractivity (Wildman–Crippen MR) is 67.6 cm³/mol. The van der Waals surface area contributed by atoms with Gasteiger partial charge in [-0.2, -0.15) is 0 Å². The molecule has 0 bridgehead atoms. The smallest absolute Gasteiger partial charge is 0.0485 e. The van der Waals surface area contributed by atoms with Crippen LogP contribution in [0.25, 0.3) is 10.8 Å². The van der Waals surface area contributed by atoms with Gasteiger partial charge in [-0.1, -0.05) is 42.3 Å². The minimum absolute atomic E-state index is 0.719. The second-order valence-corrected chi connectivity index (χ2v) is 4.34. The lowest BCUT2D eigenvalue weighted by Crippen LogP contribution is -1.86. The van der Waals surface area contributed by atoms with Crippen molar-refractivity contribution in [2.24, 2.45) is 0 Å². The molecule has 0 aromatic heterocycles. The Morgan fingerprint density at radius 3 is 2.53 bits per heavy atom. The van der Waals surface area contributed by atoms with Gasteiger partial charge in [0.1, 0.15) is 0 Å². The maximum absolute atomic E-state index is 6.13. The molecule has 0 aliphatic carbocycles. The Hall–Kier alpha value is -0.720. The van der Waals surface area contributed by atoms with E-state index in [4.69, 9.17) is 23.2 Å². The summed E-state index contributed by atoms with van der Waals surface area (Å²) in [5, 5.41) is 3.67. The SMILES string of the molecule is [CH2]CCc1ccc(Cl)c2cc(Cl)ccc12. The van der Waals surface area contributed by atoms with Crippen LogP contribution in [0.2, 0.25) is 10.0 Å². The first-order valence-corrected chi connectivity index (χ1v) is 5.64. The maximum atomic E-state index is 6.13. The predicted octanol–water partition coefficient (Wildman–Crippen LogP) is 4.91. The number of halogens is 2. The van der Waals surface area contributed by atoms with Gasteiger partial charge in [0.25, 0.3) is 0 Å². The summed E-state index contributed by atoms with van der Waals surface area (Å²) in [6, 6.07) is 9.81. The van der Waals surface area contributed by atoms with Crippen LogP contribution < -0.4 is 0 Å². The molecular weight excluding hydrogens is 227 g/mol. The third-order valence-electron chi connectivity index (χ3n) is 2.46. The molecular formula is C13H11Cl2. The molecule has 0 aliphatic rings.